The van der Waals surface area contributed by atoms with Gasteiger partial charge in [0.2, 0.25) is 5.91 Å². The van der Waals surface area contributed by atoms with Crippen molar-refractivity contribution in [3.63, 3.8) is 0 Å². The Morgan fingerprint density at radius 2 is 2.10 bits per heavy atom. The van der Waals surface area contributed by atoms with E-state index in [-0.39, 0.29) is 17.8 Å². The maximum Gasteiger partial charge on any atom is 0.234 e. The Kier molecular flexibility index (Phi) is 7.70. The number of aryl methyl sites for hydroxylation is 1. The Morgan fingerprint density at radius 1 is 1.33 bits per heavy atom. The predicted octanol–water partition coefficient (Wildman–Crippen LogP) is 3.00. The van der Waals surface area contributed by atoms with Gasteiger partial charge in [-0.2, -0.15) is 0 Å². The minimum Gasteiger partial charge on any atom is -0.383 e. The van der Waals surface area contributed by atoms with E-state index in [0.717, 1.165) is 43.0 Å². The van der Waals surface area contributed by atoms with Crippen molar-refractivity contribution in [3.05, 3.63) is 47.7 Å². The molecule has 0 spiro atoms. The lowest BCUT2D eigenvalue weighted by molar-refractivity contribution is -0.123. The standard InChI is InChI=1S/C22H30FN5O2/c1-15-10-19(27-21-5-4-18(23)12-24-21)11-20(25-15)17-6-8-28(9-7-17)13-22(29)26-16(2)14-30-3/h4-5,10-12,16-17H,6-9,13-14H2,1-3H3,(H,26,29)(H,24,25,27)/t16-/m0/s1. The van der Waals surface area contributed by atoms with Gasteiger partial charge in [0, 0.05) is 36.1 Å². The molecular formula is C22H30FN5O2. The number of rotatable bonds is 8. The van der Waals surface area contributed by atoms with Crippen LogP contribution in [0.2, 0.25) is 0 Å². The van der Waals surface area contributed by atoms with Crippen LogP contribution in [0.4, 0.5) is 15.9 Å². The highest BCUT2D eigenvalue weighted by molar-refractivity contribution is 5.78. The Morgan fingerprint density at radius 3 is 2.77 bits per heavy atom. The molecule has 2 aromatic heterocycles. The van der Waals surface area contributed by atoms with Crippen molar-refractivity contribution in [1.29, 1.82) is 0 Å². The zero-order valence-corrected chi connectivity index (χ0v) is 17.8. The molecule has 1 fully saturated rings. The third-order valence-electron chi connectivity index (χ3n) is 5.17. The fourth-order valence-electron chi connectivity index (χ4n) is 3.78. The van der Waals surface area contributed by atoms with Gasteiger partial charge >= 0.3 is 0 Å². The van der Waals surface area contributed by atoms with Gasteiger partial charge in [0.1, 0.15) is 11.6 Å². The van der Waals surface area contributed by atoms with Crippen molar-refractivity contribution >= 4 is 17.4 Å². The van der Waals surface area contributed by atoms with Crippen LogP contribution >= 0.6 is 0 Å². The van der Waals surface area contributed by atoms with E-state index >= 15 is 0 Å². The number of carbonyl (C=O) groups excluding carboxylic acids is 1. The highest BCUT2D eigenvalue weighted by Gasteiger charge is 2.23. The number of methoxy groups -OCH3 is 1. The highest BCUT2D eigenvalue weighted by atomic mass is 19.1. The number of hydrogen-bond acceptors (Lipinski definition) is 6. The number of amides is 1. The molecule has 0 saturated carbocycles. The van der Waals surface area contributed by atoms with Crippen LogP contribution in [0, 0.1) is 12.7 Å². The van der Waals surface area contributed by atoms with Gasteiger partial charge in [-0.15, -0.1) is 0 Å². The lowest BCUT2D eigenvalue weighted by Gasteiger charge is -2.31. The first kappa shape index (κ1) is 22.1. The Labute approximate surface area is 177 Å². The lowest BCUT2D eigenvalue weighted by atomic mass is 9.92. The summed E-state index contributed by atoms with van der Waals surface area (Å²) in [7, 11) is 1.63. The fraction of sp³-hybridized carbons (Fsp3) is 0.500. The number of ether oxygens (including phenoxy) is 1. The second-order valence-electron chi connectivity index (χ2n) is 7.88. The van der Waals surface area contributed by atoms with E-state index < -0.39 is 0 Å². The van der Waals surface area contributed by atoms with Crippen LogP contribution in [-0.2, 0) is 9.53 Å². The van der Waals surface area contributed by atoms with E-state index in [1.807, 2.05) is 26.0 Å². The Bertz CT molecular complexity index is 838. The smallest absolute Gasteiger partial charge is 0.234 e. The lowest BCUT2D eigenvalue weighted by Crippen LogP contribution is -2.44. The number of hydrogen-bond donors (Lipinski definition) is 2. The zero-order chi connectivity index (χ0) is 21.5. The maximum absolute atomic E-state index is 13.1. The molecule has 1 saturated heterocycles. The average molecular weight is 416 g/mol. The van der Waals surface area contributed by atoms with Gasteiger partial charge in [0.15, 0.2) is 0 Å². The van der Waals surface area contributed by atoms with Gasteiger partial charge < -0.3 is 15.4 Å². The summed E-state index contributed by atoms with van der Waals surface area (Å²) in [6, 6.07) is 7.00. The Hall–Kier alpha value is -2.58. The largest absolute Gasteiger partial charge is 0.383 e. The Balaban J connectivity index is 1.55. The SMILES string of the molecule is COC[C@H](C)NC(=O)CN1CCC(c2cc(Nc3ccc(F)cn3)cc(C)n2)CC1. The monoisotopic (exact) mass is 415 g/mol. The quantitative estimate of drug-likeness (QED) is 0.690. The summed E-state index contributed by atoms with van der Waals surface area (Å²) in [5.41, 5.74) is 2.86. The first-order valence-electron chi connectivity index (χ1n) is 10.3. The number of likely N-dealkylation sites (tertiary alicyclic amines) is 1. The average Bonchev–Trinajstić information content (AvgIpc) is 2.70. The molecule has 0 aliphatic carbocycles. The minimum absolute atomic E-state index is 0.0121. The number of halogens is 1. The molecule has 0 unspecified atom stereocenters. The summed E-state index contributed by atoms with van der Waals surface area (Å²) >= 11 is 0. The first-order chi connectivity index (χ1) is 14.4. The van der Waals surface area contributed by atoms with Crippen LogP contribution in [-0.4, -0.2) is 60.2 Å². The van der Waals surface area contributed by atoms with Crippen molar-refractivity contribution in [2.75, 3.05) is 38.7 Å². The zero-order valence-electron chi connectivity index (χ0n) is 17.8. The molecule has 1 atom stereocenters. The molecule has 30 heavy (non-hydrogen) atoms. The summed E-state index contributed by atoms with van der Waals surface area (Å²) in [5.74, 6) is 0.612. The molecule has 0 aromatic carbocycles. The molecule has 2 aromatic rings. The van der Waals surface area contributed by atoms with Gasteiger partial charge in [-0.05, 0) is 64.0 Å². The molecule has 1 aliphatic rings. The van der Waals surface area contributed by atoms with Crippen molar-refractivity contribution in [2.24, 2.45) is 0 Å². The second-order valence-corrected chi connectivity index (χ2v) is 7.88. The van der Waals surface area contributed by atoms with Crippen molar-refractivity contribution in [1.82, 2.24) is 20.2 Å². The summed E-state index contributed by atoms with van der Waals surface area (Å²) < 4.78 is 18.1. The first-order valence-corrected chi connectivity index (χ1v) is 10.3. The van der Waals surface area contributed by atoms with E-state index in [1.54, 1.807) is 13.2 Å². The van der Waals surface area contributed by atoms with Crippen molar-refractivity contribution in [2.45, 2.75) is 38.6 Å². The molecule has 8 heteroatoms. The van der Waals surface area contributed by atoms with Gasteiger partial charge in [-0.1, -0.05) is 0 Å². The van der Waals surface area contributed by atoms with E-state index in [2.05, 4.69) is 20.5 Å². The molecule has 2 N–H and O–H groups in total. The van der Waals surface area contributed by atoms with Crippen LogP contribution in [0.5, 0.6) is 0 Å². The van der Waals surface area contributed by atoms with Gasteiger partial charge in [-0.3, -0.25) is 14.7 Å². The highest BCUT2D eigenvalue weighted by Crippen LogP contribution is 2.29. The van der Waals surface area contributed by atoms with Crippen LogP contribution in [0.3, 0.4) is 0 Å². The molecule has 0 bridgehead atoms. The number of aromatic nitrogens is 2. The third kappa shape index (κ3) is 6.47. The van der Waals surface area contributed by atoms with Crippen molar-refractivity contribution in [3.8, 4) is 0 Å². The van der Waals surface area contributed by atoms with Gasteiger partial charge in [0.25, 0.3) is 0 Å². The fourth-order valence-corrected chi connectivity index (χ4v) is 3.78. The van der Waals surface area contributed by atoms with E-state index in [0.29, 0.717) is 24.9 Å². The predicted molar refractivity (Wildman–Crippen MR) is 114 cm³/mol. The number of nitrogens with zero attached hydrogens (tertiary/aromatic N) is 3. The number of nitrogens with one attached hydrogen (secondary N) is 2. The molecule has 1 amide bonds. The topological polar surface area (TPSA) is 79.4 Å². The number of anilines is 2. The number of pyridine rings is 2. The van der Waals surface area contributed by atoms with Crippen LogP contribution in [0.15, 0.2) is 30.5 Å². The molecular weight excluding hydrogens is 385 g/mol. The number of piperidine rings is 1. The summed E-state index contributed by atoms with van der Waals surface area (Å²) in [6.45, 7) is 6.53. The summed E-state index contributed by atoms with van der Waals surface area (Å²) in [6.07, 6.45) is 3.09. The molecule has 3 heterocycles. The van der Waals surface area contributed by atoms with Gasteiger partial charge in [0.05, 0.1) is 19.3 Å². The van der Waals surface area contributed by atoms with Crippen LogP contribution in [0.1, 0.15) is 37.1 Å². The van der Waals surface area contributed by atoms with E-state index in [1.165, 1.54) is 12.3 Å². The number of carbonyl (C=O) groups is 1. The van der Waals surface area contributed by atoms with E-state index in [9.17, 15) is 9.18 Å². The molecule has 162 valence electrons. The molecule has 7 nitrogen and oxygen atoms in total. The maximum atomic E-state index is 13.1. The summed E-state index contributed by atoms with van der Waals surface area (Å²) in [5, 5.41) is 6.18. The van der Waals surface area contributed by atoms with Crippen molar-refractivity contribution < 1.29 is 13.9 Å². The molecule has 0 radical (unpaired) electrons. The van der Waals surface area contributed by atoms with Gasteiger partial charge in [-0.25, -0.2) is 9.37 Å². The van der Waals surface area contributed by atoms with E-state index in [4.69, 9.17) is 9.72 Å². The molecule has 3 rings (SSSR count). The molecule has 1 aliphatic heterocycles. The second kappa shape index (κ2) is 10.4. The normalized spacial score (nSPS) is 16.3. The van der Waals surface area contributed by atoms with Crippen LogP contribution < -0.4 is 10.6 Å². The third-order valence-corrected chi connectivity index (χ3v) is 5.17. The van der Waals surface area contributed by atoms with Crippen LogP contribution in [0.25, 0.3) is 0 Å². The summed E-state index contributed by atoms with van der Waals surface area (Å²) in [4.78, 5) is 23.1. The minimum atomic E-state index is -0.360.